The molecule has 7 nitrogen and oxygen atoms in total. The van der Waals surface area contributed by atoms with Crippen LogP contribution in [0.2, 0.25) is 0 Å². The highest BCUT2D eigenvalue weighted by molar-refractivity contribution is 5.86. The van der Waals surface area contributed by atoms with E-state index in [0.717, 1.165) is 19.5 Å². The second-order valence-electron chi connectivity index (χ2n) is 4.14. The van der Waals surface area contributed by atoms with E-state index in [2.05, 4.69) is 15.6 Å². The van der Waals surface area contributed by atoms with Crippen molar-refractivity contribution in [3.05, 3.63) is 11.9 Å². The maximum atomic E-state index is 11.6. The first-order chi connectivity index (χ1) is 8.81. The second-order valence-corrected chi connectivity index (χ2v) is 4.14. The predicted molar refractivity (Wildman–Crippen MR) is 63.3 cm³/mol. The molecule has 0 bridgehead atoms. The van der Waals surface area contributed by atoms with E-state index in [1.165, 1.54) is 0 Å². The fourth-order valence-electron chi connectivity index (χ4n) is 1.52. The molecule has 2 heterocycles. The molecule has 2 rings (SSSR count). The van der Waals surface area contributed by atoms with E-state index in [1.807, 2.05) is 6.92 Å². The molecule has 7 heteroatoms. The van der Waals surface area contributed by atoms with E-state index in [9.17, 15) is 4.79 Å². The molecule has 1 aliphatic heterocycles. The Hall–Kier alpha value is -1.47. The van der Waals surface area contributed by atoms with Crippen LogP contribution in [0.15, 0.2) is 6.20 Å². The number of nitrogens with zero attached hydrogens (tertiary/aromatic N) is 3. The lowest BCUT2D eigenvalue weighted by molar-refractivity contribution is 0.0312. The van der Waals surface area contributed by atoms with Crippen molar-refractivity contribution in [2.75, 3.05) is 32.9 Å². The first kappa shape index (κ1) is 13.0. The standard InChI is InChI=1S/C11H18N4O3/c1-2-3-17-4-5-18-11(16)10-8-15(14-13-10)9-6-12-7-9/h8-9,12H,2-7H2,1H3. The second kappa shape index (κ2) is 6.46. The number of hydrogen-bond donors (Lipinski definition) is 1. The monoisotopic (exact) mass is 254 g/mol. The van der Waals surface area contributed by atoms with Gasteiger partial charge in [0.05, 0.1) is 18.8 Å². The van der Waals surface area contributed by atoms with E-state index < -0.39 is 5.97 Å². The van der Waals surface area contributed by atoms with Crippen LogP contribution in [-0.4, -0.2) is 53.9 Å². The van der Waals surface area contributed by atoms with Crippen LogP contribution in [0.25, 0.3) is 0 Å². The van der Waals surface area contributed by atoms with Gasteiger partial charge in [0.1, 0.15) is 6.61 Å². The van der Waals surface area contributed by atoms with Gasteiger partial charge in [0.2, 0.25) is 0 Å². The van der Waals surface area contributed by atoms with Gasteiger partial charge in [0.25, 0.3) is 0 Å². The van der Waals surface area contributed by atoms with Gasteiger partial charge in [-0.25, -0.2) is 9.48 Å². The number of hydrogen-bond acceptors (Lipinski definition) is 6. The number of aromatic nitrogens is 3. The molecule has 1 N–H and O–H groups in total. The van der Waals surface area contributed by atoms with Gasteiger partial charge >= 0.3 is 5.97 Å². The molecule has 100 valence electrons. The van der Waals surface area contributed by atoms with Gasteiger partial charge in [0, 0.05) is 19.7 Å². The third-order valence-corrected chi connectivity index (χ3v) is 2.66. The highest BCUT2D eigenvalue weighted by atomic mass is 16.6. The van der Waals surface area contributed by atoms with Crippen molar-refractivity contribution in [2.45, 2.75) is 19.4 Å². The maximum Gasteiger partial charge on any atom is 0.360 e. The summed E-state index contributed by atoms with van der Waals surface area (Å²) < 4.78 is 11.9. The van der Waals surface area contributed by atoms with Gasteiger partial charge in [-0.1, -0.05) is 12.1 Å². The quantitative estimate of drug-likeness (QED) is 0.545. The van der Waals surface area contributed by atoms with E-state index in [1.54, 1.807) is 10.9 Å². The Labute approximate surface area is 105 Å². The molecule has 0 saturated carbocycles. The van der Waals surface area contributed by atoms with Crippen LogP contribution in [0.3, 0.4) is 0 Å². The van der Waals surface area contributed by atoms with Gasteiger partial charge < -0.3 is 14.8 Å². The summed E-state index contributed by atoms with van der Waals surface area (Å²) in [6.45, 7) is 5.10. The normalized spacial score (nSPS) is 15.4. The Morgan fingerprint density at radius 3 is 3.00 bits per heavy atom. The highest BCUT2D eigenvalue weighted by Crippen LogP contribution is 2.10. The van der Waals surface area contributed by atoms with Crippen molar-refractivity contribution < 1.29 is 14.3 Å². The Kier molecular flexibility index (Phi) is 4.66. The van der Waals surface area contributed by atoms with E-state index >= 15 is 0 Å². The summed E-state index contributed by atoms with van der Waals surface area (Å²) in [4.78, 5) is 11.6. The molecule has 1 aromatic rings. The summed E-state index contributed by atoms with van der Waals surface area (Å²) in [5.41, 5.74) is 0.248. The molecule has 0 aromatic carbocycles. The Morgan fingerprint density at radius 1 is 1.50 bits per heavy atom. The fourth-order valence-corrected chi connectivity index (χ4v) is 1.52. The molecule has 0 amide bonds. The third-order valence-electron chi connectivity index (χ3n) is 2.66. The van der Waals surface area contributed by atoms with Gasteiger partial charge in [-0.05, 0) is 6.42 Å². The van der Waals surface area contributed by atoms with Gasteiger partial charge in [0.15, 0.2) is 5.69 Å². The molecular weight excluding hydrogens is 236 g/mol. The third kappa shape index (κ3) is 3.27. The lowest BCUT2D eigenvalue weighted by atomic mass is 10.2. The number of nitrogens with one attached hydrogen (secondary N) is 1. The molecule has 0 unspecified atom stereocenters. The Balaban J connectivity index is 1.72. The smallest absolute Gasteiger partial charge is 0.360 e. The number of carbonyl (C=O) groups is 1. The average Bonchev–Trinajstić information content (AvgIpc) is 2.75. The van der Waals surface area contributed by atoms with Crippen LogP contribution in [0.4, 0.5) is 0 Å². The lowest BCUT2D eigenvalue weighted by Gasteiger charge is -2.26. The number of ether oxygens (including phenoxy) is 2. The molecule has 0 aliphatic carbocycles. The summed E-state index contributed by atoms with van der Waals surface area (Å²) in [5.74, 6) is -0.450. The molecule has 1 fully saturated rings. The zero-order chi connectivity index (χ0) is 12.8. The first-order valence-electron chi connectivity index (χ1n) is 6.18. The highest BCUT2D eigenvalue weighted by Gasteiger charge is 2.22. The number of carbonyl (C=O) groups excluding carboxylic acids is 1. The molecule has 0 radical (unpaired) electrons. The molecule has 18 heavy (non-hydrogen) atoms. The van der Waals surface area contributed by atoms with E-state index in [4.69, 9.17) is 9.47 Å². The summed E-state index contributed by atoms with van der Waals surface area (Å²) in [6.07, 6.45) is 2.58. The minimum absolute atomic E-state index is 0.247. The van der Waals surface area contributed by atoms with Gasteiger partial charge in [-0.15, -0.1) is 5.10 Å². The van der Waals surface area contributed by atoms with Gasteiger partial charge in [-0.3, -0.25) is 0 Å². The van der Waals surface area contributed by atoms with Crippen LogP contribution in [0, 0.1) is 0 Å². The van der Waals surface area contributed by atoms with E-state index in [-0.39, 0.29) is 12.3 Å². The zero-order valence-corrected chi connectivity index (χ0v) is 10.5. The van der Waals surface area contributed by atoms with Crippen LogP contribution in [-0.2, 0) is 9.47 Å². The van der Waals surface area contributed by atoms with Gasteiger partial charge in [-0.2, -0.15) is 0 Å². The largest absolute Gasteiger partial charge is 0.458 e. The first-order valence-corrected chi connectivity index (χ1v) is 6.18. The number of rotatable bonds is 7. The van der Waals surface area contributed by atoms with Crippen LogP contribution in [0.1, 0.15) is 29.9 Å². The fraction of sp³-hybridized carbons (Fsp3) is 0.727. The van der Waals surface area contributed by atoms with Crippen molar-refractivity contribution in [3.63, 3.8) is 0 Å². The predicted octanol–water partition coefficient (Wildman–Crippen LogP) is 0.00580. The van der Waals surface area contributed by atoms with Crippen LogP contribution in [0.5, 0.6) is 0 Å². The summed E-state index contributed by atoms with van der Waals surface area (Å²) in [6, 6.07) is 0.298. The SMILES string of the molecule is CCCOCCOC(=O)c1cn(C2CNC2)nn1. The molecule has 1 saturated heterocycles. The zero-order valence-electron chi connectivity index (χ0n) is 10.5. The average molecular weight is 254 g/mol. The summed E-state index contributed by atoms with van der Waals surface area (Å²) in [7, 11) is 0. The molecule has 0 spiro atoms. The maximum absolute atomic E-state index is 11.6. The Morgan fingerprint density at radius 2 is 2.33 bits per heavy atom. The topological polar surface area (TPSA) is 78.3 Å². The summed E-state index contributed by atoms with van der Waals surface area (Å²) >= 11 is 0. The lowest BCUT2D eigenvalue weighted by Crippen LogP contribution is -2.43. The van der Waals surface area contributed by atoms with Crippen molar-refractivity contribution in [1.82, 2.24) is 20.3 Å². The van der Waals surface area contributed by atoms with Crippen molar-refractivity contribution >= 4 is 5.97 Å². The Bertz CT molecular complexity index is 389. The number of esters is 1. The van der Waals surface area contributed by atoms with E-state index in [0.29, 0.717) is 19.3 Å². The molecule has 0 atom stereocenters. The van der Waals surface area contributed by atoms with Crippen molar-refractivity contribution in [3.8, 4) is 0 Å². The van der Waals surface area contributed by atoms with Crippen LogP contribution >= 0.6 is 0 Å². The summed E-state index contributed by atoms with van der Waals surface area (Å²) in [5, 5.41) is 10.8. The minimum Gasteiger partial charge on any atom is -0.458 e. The molecule has 1 aliphatic rings. The van der Waals surface area contributed by atoms with Crippen molar-refractivity contribution in [2.24, 2.45) is 0 Å². The molecular formula is C11H18N4O3. The minimum atomic E-state index is -0.450. The molecule has 1 aromatic heterocycles. The van der Waals surface area contributed by atoms with Crippen molar-refractivity contribution in [1.29, 1.82) is 0 Å². The van der Waals surface area contributed by atoms with Crippen LogP contribution < -0.4 is 5.32 Å².